The van der Waals surface area contributed by atoms with Crippen LogP contribution in [-0.4, -0.2) is 24.4 Å². The molecule has 0 bridgehead atoms. The van der Waals surface area contributed by atoms with Crippen LogP contribution in [0.15, 0.2) is 121 Å². The Labute approximate surface area is 238 Å². The molecule has 4 aromatic carbocycles. The molecule has 0 heterocycles. The molecule has 1 fully saturated rings. The van der Waals surface area contributed by atoms with Crippen molar-refractivity contribution in [1.29, 1.82) is 0 Å². The molecule has 0 saturated heterocycles. The van der Waals surface area contributed by atoms with Crippen LogP contribution in [0.5, 0.6) is 0 Å². The largest absolute Gasteiger partial charge is 0.370 e. The zero-order valence-corrected chi connectivity index (χ0v) is 23.5. The number of hydrogen-bond acceptors (Lipinski definition) is 4. The highest BCUT2D eigenvalue weighted by Crippen LogP contribution is 2.39. The first-order valence-electron chi connectivity index (χ1n) is 14.3. The molecule has 4 nitrogen and oxygen atoms in total. The Kier molecular flexibility index (Phi) is 10.2. The highest BCUT2D eigenvalue weighted by Gasteiger charge is 2.50. The van der Waals surface area contributed by atoms with Crippen LogP contribution in [0, 0.1) is 11.8 Å². The van der Waals surface area contributed by atoms with E-state index in [9.17, 15) is 0 Å². The molecule has 0 spiro atoms. The number of rotatable bonds is 12. The lowest BCUT2D eigenvalue weighted by molar-refractivity contribution is -0.244. The number of ether oxygens (including phenoxy) is 4. The minimum Gasteiger partial charge on any atom is -0.370 e. The molecule has 5 rings (SSSR count). The summed E-state index contributed by atoms with van der Waals surface area (Å²) in [7, 11) is 0. The van der Waals surface area contributed by atoms with Crippen LogP contribution in [0.3, 0.4) is 0 Å². The van der Waals surface area contributed by atoms with E-state index in [1.807, 2.05) is 72.8 Å². The van der Waals surface area contributed by atoms with Crippen molar-refractivity contribution in [2.45, 2.75) is 64.7 Å². The Morgan fingerprint density at radius 2 is 0.575 bits per heavy atom. The van der Waals surface area contributed by atoms with Crippen LogP contribution in [0.25, 0.3) is 0 Å². The summed E-state index contributed by atoms with van der Waals surface area (Å²) in [5.74, 6) is 0.392. The van der Waals surface area contributed by atoms with Crippen molar-refractivity contribution in [2.75, 3.05) is 0 Å². The van der Waals surface area contributed by atoms with Crippen LogP contribution in [0.4, 0.5) is 0 Å². The third kappa shape index (κ3) is 7.47. The fourth-order valence-corrected chi connectivity index (χ4v) is 5.51. The monoisotopic (exact) mass is 536 g/mol. The van der Waals surface area contributed by atoms with E-state index < -0.39 is 0 Å². The van der Waals surface area contributed by atoms with Gasteiger partial charge in [0.1, 0.15) is 12.2 Å². The van der Waals surface area contributed by atoms with E-state index in [1.165, 1.54) is 0 Å². The molecule has 0 aromatic heterocycles. The van der Waals surface area contributed by atoms with Crippen molar-refractivity contribution < 1.29 is 18.9 Å². The summed E-state index contributed by atoms with van der Waals surface area (Å²) in [4.78, 5) is 0. The lowest BCUT2D eigenvalue weighted by Crippen LogP contribution is -2.60. The Balaban J connectivity index is 1.42. The molecule has 3 unspecified atom stereocenters. The second kappa shape index (κ2) is 14.4. The minimum absolute atomic E-state index is 0.156. The van der Waals surface area contributed by atoms with E-state index in [4.69, 9.17) is 18.9 Å². The van der Waals surface area contributed by atoms with Gasteiger partial charge < -0.3 is 18.9 Å². The zero-order chi connectivity index (χ0) is 27.6. The Hall–Kier alpha value is -3.28. The van der Waals surface area contributed by atoms with E-state index >= 15 is 0 Å². The molecule has 0 aliphatic heterocycles. The average Bonchev–Trinajstić information content (AvgIpc) is 3.01. The van der Waals surface area contributed by atoms with Crippen molar-refractivity contribution in [3.63, 3.8) is 0 Å². The van der Waals surface area contributed by atoms with E-state index in [1.54, 1.807) is 0 Å². The Bertz CT molecular complexity index is 1150. The fourth-order valence-electron chi connectivity index (χ4n) is 5.51. The summed E-state index contributed by atoms with van der Waals surface area (Å²) in [5, 5.41) is 0. The topological polar surface area (TPSA) is 36.9 Å². The molecule has 4 heteroatoms. The van der Waals surface area contributed by atoms with Crippen molar-refractivity contribution in [1.82, 2.24) is 0 Å². The molecule has 208 valence electrons. The Morgan fingerprint density at radius 1 is 0.350 bits per heavy atom. The van der Waals surface area contributed by atoms with Crippen molar-refractivity contribution in [3.05, 3.63) is 144 Å². The standard InChI is InChI=1S/C36H40O4/c1-27-28(2)34(38-24-30-17-9-4-10-18-30)36(40-26-32-21-13-6-14-22-32)35(39-25-31-19-11-5-12-20-31)33(27)37-23-29-15-7-3-8-16-29/h3-22,27-28,33-36H,23-26H2,1-2H3/t27-,28+,33?,34?,35-,36?/m0/s1. The van der Waals surface area contributed by atoms with Crippen molar-refractivity contribution in [2.24, 2.45) is 11.8 Å². The number of benzene rings is 4. The maximum absolute atomic E-state index is 6.74. The van der Waals surface area contributed by atoms with E-state index in [2.05, 4.69) is 62.4 Å². The van der Waals surface area contributed by atoms with Gasteiger partial charge in [-0.15, -0.1) is 0 Å². The second-order valence-electron chi connectivity index (χ2n) is 10.8. The maximum atomic E-state index is 6.74. The summed E-state index contributed by atoms with van der Waals surface area (Å²) in [6, 6.07) is 41.3. The Morgan fingerprint density at radius 3 is 0.825 bits per heavy atom. The van der Waals surface area contributed by atoms with E-state index in [0.29, 0.717) is 26.4 Å². The van der Waals surface area contributed by atoms with Gasteiger partial charge in [0.05, 0.1) is 38.6 Å². The minimum atomic E-state index is -0.306. The maximum Gasteiger partial charge on any atom is 0.113 e. The first-order valence-corrected chi connectivity index (χ1v) is 14.3. The van der Waals surface area contributed by atoms with Gasteiger partial charge in [0.15, 0.2) is 0 Å². The summed E-state index contributed by atoms with van der Waals surface area (Å²) in [6.07, 6.45) is -0.924. The predicted molar refractivity (Wildman–Crippen MR) is 158 cm³/mol. The summed E-state index contributed by atoms with van der Waals surface area (Å²) in [6.45, 7) is 6.52. The lowest BCUT2D eigenvalue weighted by Gasteiger charge is -2.48. The molecular formula is C36H40O4. The van der Waals surface area contributed by atoms with Crippen LogP contribution in [0.1, 0.15) is 36.1 Å². The third-order valence-electron chi connectivity index (χ3n) is 7.98. The average molecular weight is 537 g/mol. The fraction of sp³-hybridized carbons (Fsp3) is 0.333. The van der Waals surface area contributed by atoms with Crippen molar-refractivity contribution >= 4 is 0 Å². The lowest BCUT2D eigenvalue weighted by atomic mass is 9.73. The smallest absolute Gasteiger partial charge is 0.113 e. The first kappa shape index (κ1) is 28.3. The molecule has 0 N–H and O–H groups in total. The van der Waals surface area contributed by atoms with E-state index in [-0.39, 0.29) is 36.3 Å². The van der Waals surface area contributed by atoms with Gasteiger partial charge in [-0.2, -0.15) is 0 Å². The molecule has 1 aliphatic carbocycles. The zero-order valence-electron chi connectivity index (χ0n) is 23.5. The van der Waals surface area contributed by atoms with Gasteiger partial charge in [0.25, 0.3) is 0 Å². The molecule has 0 radical (unpaired) electrons. The van der Waals surface area contributed by atoms with Gasteiger partial charge in [0, 0.05) is 0 Å². The highest BCUT2D eigenvalue weighted by molar-refractivity contribution is 5.17. The molecular weight excluding hydrogens is 496 g/mol. The summed E-state index contributed by atoms with van der Waals surface area (Å²) >= 11 is 0. The third-order valence-corrected chi connectivity index (χ3v) is 7.98. The van der Waals surface area contributed by atoms with Crippen molar-refractivity contribution in [3.8, 4) is 0 Å². The quantitative estimate of drug-likeness (QED) is 0.187. The van der Waals surface area contributed by atoms with Gasteiger partial charge in [-0.25, -0.2) is 0 Å². The predicted octanol–water partition coefficient (Wildman–Crippen LogP) is 7.61. The molecule has 4 aromatic rings. The first-order chi connectivity index (χ1) is 19.7. The van der Waals surface area contributed by atoms with Gasteiger partial charge in [0.2, 0.25) is 0 Å². The van der Waals surface area contributed by atoms with Gasteiger partial charge >= 0.3 is 0 Å². The molecule has 0 amide bonds. The molecule has 6 atom stereocenters. The molecule has 1 aliphatic rings. The molecule has 1 saturated carbocycles. The van der Waals surface area contributed by atoms with Crippen LogP contribution < -0.4 is 0 Å². The summed E-state index contributed by atoms with van der Waals surface area (Å²) < 4.78 is 26.9. The second-order valence-corrected chi connectivity index (χ2v) is 10.8. The molecule has 40 heavy (non-hydrogen) atoms. The normalized spacial score (nSPS) is 24.6. The van der Waals surface area contributed by atoms with Crippen LogP contribution >= 0.6 is 0 Å². The van der Waals surface area contributed by atoms with Crippen LogP contribution in [0.2, 0.25) is 0 Å². The van der Waals surface area contributed by atoms with Gasteiger partial charge in [-0.1, -0.05) is 135 Å². The summed E-state index contributed by atoms with van der Waals surface area (Å²) in [5.41, 5.74) is 4.54. The SMILES string of the molecule is C[C@@H]1C(OCc2ccccc2)[C@H](OCc2ccccc2)C(OCc2ccccc2)C(OCc2ccccc2)[C@@H]1C. The van der Waals surface area contributed by atoms with Crippen LogP contribution in [-0.2, 0) is 45.4 Å². The van der Waals surface area contributed by atoms with E-state index in [0.717, 1.165) is 22.3 Å². The van der Waals surface area contributed by atoms with Gasteiger partial charge in [-0.05, 0) is 34.1 Å². The highest BCUT2D eigenvalue weighted by atomic mass is 16.6. The van der Waals surface area contributed by atoms with Gasteiger partial charge in [-0.3, -0.25) is 0 Å². The number of hydrogen-bond donors (Lipinski definition) is 0.